The highest BCUT2D eigenvalue weighted by Crippen LogP contribution is 2.35. The van der Waals surface area contributed by atoms with E-state index >= 15 is 0 Å². The minimum Gasteiger partial charge on any atom is -0.466 e. The highest BCUT2D eigenvalue weighted by Gasteiger charge is 2.39. The standard InChI is InChI=1S/C21H22F3NO3/c1-2-27-20(26)19-14-25(12-15-6-4-3-5-7-15)13-18(19)16-8-10-17(11-9-16)28-21(22,23)24/h3-11,18-19H,2,12-14H2,1H3/t18-,19+/m1/s1. The van der Waals surface area contributed by atoms with Gasteiger partial charge in [-0.25, -0.2) is 0 Å². The maximum Gasteiger partial charge on any atom is 0.573 e. The normalized spacial score (nSPS) is 20.1. The van der Waals surface area contributed by atoms with Crippen LogP contribution in [0.4, 0.5) is 13.2 Å². The minimum absolute atomic E-state index is 0.150. The summed E-state index contributed by atoms with van der Waals surface area (Å²) >= 11 is 0. The first-order valence-electron chi connectivity index (χ1n) is 9.14. The van der Waals surface area contributed by atoms with Crippen LogP contribution >= 0.6 is 0 Å². The molecule has 7 heteroatoms. The molecule has 2 aromatic rings. The Hall–Kier alpha value is -2.54. The van der Waals surface area contributed by atoms with Crippen molar-refractivity contribution in [3.8, 4) is 5.75 Å². The van der Waals surface area contributed by atoms with Gasteiger partial charge in [-0.05, 0) is 30.2 Å². The SMILES string of the molecule is CCOC(=O)[C@H]1CN(Cc2ccccc2)C[C@@H]1c1ccc(OC(F)(F)F)cc1. The fourth-order valence-corrected chi connectivity index (χ4v) is 3.60. The molecule has 2 atom stereocenters. The molecule has 0 radical (unpaired) electrons. The lowest BCUT2D eigenvalue weighted by molar-refractivity contribution is -0.274. The number of carbonyl (C=O) groups excluding carboxylic acids is 1. The predicted molar refractivity (Wildman–Crippen MR) is 97.7 cm³/mol. The molecule has 4 nitrogen and oxygen atoms in total. The molecule has 28 heavy (non-hydrogen) atoms. The van der Waals surface area contributed by atoms with E-state index in [9.17, 15) is 18.0 Å². The molecule has 0 spiro atoms. The fraction of sp³-hybridized carbons (Fsp3) is 0.381. The van der Waals surface area contributed by atoms with Gasteiger partial charge in [-0.2, -0.15) is 0 Å². The molecule has 0 saturated carbocycles. The molecule has 1 fully saturated rings. The Morgan fingerprint density at radius 3 is 2.36 bits per heavy atom. The van der Waals surface area contributed by atoms with Crippen molar-refractivity contribution in [2.75, 3.05) is 19.7 Å². The molecule has 0 aliphatic carbocycles. The Morgan fingerprint density at radius 2 is 1.75 bits per heavy atom. The van der Waals surface area contributed by atoms with Crippen LogP contribution in [0, 0.1) is 5.92 Å². The average Bonchev–Trinajstić information content (AvgIpc) is 3.06. The van der Waals surface area contributed by atoms with E-state index in [1.54, 1.807) is 19.1 Å². The van der Waals surface area contributed by atoms with E-state index in [1.807, 2.05) is 30.3 Å². The maximum absolute atomic E-state index is 12.5. The molecule has 0 bridgehead atoms. The van der Waals surface area contributed by atoms with Crippen LogP contribution in [-0.4, -0.2) is 36.9 Å². The van der Waals surface area contributed by atoms with Gasteiger partial charge in [-0.15, -0.1) is 13.2 Å². The Kier molecular flexibility index (Phi) is 6.24. The van der Waals surface area contributed by atoms with Crippen molar-refractivity contribution in [2.45, 2.75) is 25.7 Å². The van der Waals surface area contributed by atoms with Crippen molar-refractivity contribution >= 4 is 5.97 Å². The Balaban J connectivity index is 1.76. The fourth-order valence-electron chi connectivity index (χ4n) is 3.60. The van der Waals surface area contributed by atoms with Crippen LogP contribution in [0.15, 0.2) is 54.6 Å². The molecule has 2 aromatic carbocycles. The highest BCUT2D eigenvalue weighted by atomic mass is 19.4. The number of likely N-dealkylation sites (tertiary alicyclic amines) is 1. The molecule has 1 aliphatic rings. The Morgan fingerprint density at radius 1 is 1.07 bits per heavy atom. The van der Waals surface area contributed by atoms with E-state index in [1.165, 1.54) is 12.1 Å². The first-order chi connectivity index (χ1) is 13.4. The van der Waals surface area contributed by atoms with Gasteiger partial charge in [0, 0.05) is 25.6 Å². The maximum atomic E-state index is 12.5. The zero-order chi connectivity index (χ0) is 20.1. The minimum atomic E-state index is -4.73. The van der Waals surface area contributed by atoms with E-state index in [0.29, 0.717) is 26.2 Å². The lowest BCUT2D eigenvalue weighted by Crippen LogP contribution is -2.25. The number of nitrogens with zero attached hydrogens (tertiary/aromatic N) is 1. The third-order valence-corrected chi connectivity index (χ3v) is 4.78. The number of carbonyl (C=O) groups is 1. The third-order valence-electron chi connectivity index (χ3n) is 4.78. The molecule has 1 heterocycles. The number of alkyl halides is 3. The summed E-state index contributed by atoms with van der Waals surface area (Å²) < 4.78 is 46.2. The van der Waals surface area contributed by atoms with Crippen LogP contribution < -0.4 is 4.74 Å². The monoisotopic (exact) mass is 393 g/mol. The molecule has 150 valence electrons. The number of esters is 1. The zero-order valence-corrected chi connectivity index (χ0v) is 15.5. The summed E-state index contributed by atoms with van der Waals surface area (Å²) in [6, 6.07) is 15.7. The Labute approximate surface area is 161 Å². The molecule has 0 amide bonds. The van der Waals surface area contributed by atoms with Crippen LogP contribution in [-0.2, 0) is 16.1 Å². The predicted octanol–water partition coefficient (Wildman–Crippen LogP) is 4.36. The van der Waals surface area contributed by atoms with Crippen molar-refractivity contribution in [1.82, 2.24) is 4.90 Å². The van der Waals surface area contributed by atoms with Gasteiger partial charge in [0.2, 0.25) is 0 Å². The molecule has 1 saturated heterocycles. The first-order valence-corrected chi connectivity index (χ1v) is 9.14. The van der Waals surface area contributed by atoms with Crippen LogP contribution in [0.2, 0.25) is 0 Å². The summed E-state index contributed by atoms with van der Waals surface area (Å²) in [6.45, 7) is 3.91. The largest absolute Gasteiger partial charge is 0.573 e. The van der Waals surface area contributed by atoms with Crippen LogP contribution in [0.25, 0.3) is 0 Å². The molecule has 0 aromatic heterocycles. The average molecular weight is 393 g/mol. The van der Waals surface area contributed by atoms with Gasteiger partial charge >= 0.3 is 12.3 Å². The van der Waals surface area contributed by atoms with E-state index in [0.717, 1.165) is 11.1 Å². The van der Waals surface area contributed by atoms with E-state index in [4.69, 9.17) is 4.74 Å². The lowest BCUT2D eigenvalue weighted by Gasteiger charge is -2.18. The molecule has 3 rings (SSSR count). The summed E-state index contributed by atoms with van der Waals surface area (Å²) in [7, 11) is 0. The second-order valence-electron chi connectivity index (χ2n) is 6.76. The van der Waals surface area contributed by atoms with E-state index < -0.39 is 6.36 Å². The summed E-state index contributed by atoms with van der Waals surface area (Å²) in [6.07, 6.45) is -4.73. The van der Waals surface area contributed by atoms with Gasteiger partial charge in [0.15, 0.2) is 0 Å². The Bertz CT molecular complexity index is 778. The zero-order valence-electron chi connectivity index (χ0n) is 15.5. The number of benzene rings is 2. The number of ether oxygens (including phenoxy) is 2. The van der Waals surface area contributed by atoms with Crippen molar-refractivity contribution in [3.05, 3.63) is 65.7 Å². The topological polar surface area (TPSA) is 38.8 Å². The number of halogens is 3. The second-order valence-corrected chi connectivity index (χ2v) is 6.76. The highest BCUT2D eigenvalue weighted by molar-refractivity contribution is 5.74. The van der Waals surface area contributed by atoms with Gasteiger partial charge in [0.05, 0.1) is 12.5 Å². The van der Waals surface area contributed by atoms with Gasteiger partial charge in [0.1, 0.15) is 5.75 Å². The molecule has 1 aliphatic heterocycles. The smallest absolute Gasteiger partial charge is 0.466 e. The lowest BCUT2D eigenvalue weighted by atomic mass is 9.89. The van der Waals surface area contributed by atoms with E-state index in [-0.39, 0.29) is 23.6 Å². The quantitative estimate of drug-likeness (QED) is 0.684. The van der Waals surface area contributed by atoms with Crippen molar-refractivity contribution in [1.29, 1.82) is 0 Å². The summed E-state index contributed by atoms with van der Waals surface area (Å²) in [4.78, 5) is 14.6. The van der Waals surface area contributed by atoms with Crippen molar-refractivity contribution < 1.29 is 27.4 Å². The number of hydrogen-bond donors (Lipinski definition) is 0. The van der Waals surface area contributed by atoms with E-state index in [2.05, 4.69) is 9.64 Å². The number of hydrogen-bond acceptors (Lipinski definition) is 4. The summed E-state index contributed by atoms with van der Waals surface area (Å²) in [5, 5.41) is 0. The molecular formula is C21H22F3NO3. The summed E-state index contributed by atoms with van der Waals surface area (Å²) in [5.74, 6) is -1.07. The molecule has 0 N–H and O–H groups in total. The molecule has 0 unspecified atom stereocenters. The van der Waals surface area contributed by atoms with Crippen LogP contribution in [0.3, 0.4) is 0 Å². The molecular weight excluding hydrogens is 371 g/mol. The van der Waals surface area contributed by atoms with Crippen LogP contribution in [0.5, 0.6) is 5.75 Å². The third kappa shape index (κ3) is 5.25. The number of rotatable bonds is 6. The van der Waals surface area contributed by atoms with Gasteiger partial charge < -0.3 is 9.47 Å². The second kappa shape index (κ2) is 8.65. The van der Waals surface area contributed by atoms with Crippen molar-refractivity contribution in [3.63, 3.8) is 0 Å². The first kappa shape index (κ1) is 20.2. The van der Waals surface area contributed by atoms with Gasteiger partial charge in [0.25, 0.3) is 0 Å². The van der Waals surface area contributed by atoms with Gasteiger partial charge in [-0.1, -0.05) is 42.5 Å². The van der Waals surface area contributed by atoms with Crippen LogP contribution in [0.1, 0.15) is 24.0 Å². The summed E-state index contributed by atoms with van der Waals surface area (Å²) in [5.41, 5.74) is 1.93. The van der Waals surface area contributed by atoms with Gasteiger partial charge in [-0.3, -0.25) is 9.69 Å². The van der Waals surface area contributed by atoms with Crippen molar-refractivity contribution in [2.24, 2.45) is 5.92 Å².